The minimum atomic E-state index is -1.01. The van der Waals surface area contributed by atoms with Crippen molar-refractivity contribution in [3.63, 3.8) is 0 Å². The summed E-state index contributed by atoms with van der Waals surface area (Å²) in [6, 6.07) is 14.1. The number of hydrogen-bond donors (Lipinski definition) is 1. The monoisotopic (exact) mass is 369 g/mol. The molecule has 6 heteroatoms. The maximum atomic E-state index is 12.7. The van der Waals surface area contributed by atoms with Crippen molar-refractivity contribution in [1.82, 2.24) is 0 Å². The van der Waals surface area contributed by atoms with Crippen LogP contribution < -0.4 is 4.90 Å². The van der Waals surface area contributed by atoms with Crippen LogP contribution in [0.25, 0.3) is 6.08 Å². The second-order valence-corrected chi connectivity index (χ2v) is 7.14. The number of aryl methyl sites for hydroxylation is 1. The van der Waals surface area contributed by atoms with Gasteiger partial charge in [0, 0.05) is 0 Å². The predicted octanol–water partition coefficient (Wildman–Crippen LogP) is 4.35. The van der Waals surface area contributed by atoms with E-state index in [9.17, 15) is 9.59 Å². The summed E-state index contributed by atoms with van der Waals surface area (Å²) in [6.45, 7) is 2.09. The third-order valence-electron chi connectivity index (χ3n) is 3.85. The van der Waals surface area contributed by atoms with Crippen LogP contribution in [0.5, 0.6) is 0 Å². The van der Waals surface area contributed by atoms with E-state index >= 15 is 0 Å². The first-order chi connectivity index (χ1) is 12.0. The maximum Gasteiger partial charge on any atom is 0.335 e. The number of carboxylic acids is 1. The molecule has 4 nitrogen and oxygen atoms in total. The Balaban J connectivity index is 1.86. The molecule has 2 aromatic rings. The number of carboxylic acid groups (broad SMARTS) is 1. The van der Waals surface area contributed by atoms with Gasteiger partial charge in [0.1, 0.15) is 0 Å². The first-order valence-corrected chi connectivity index (χ1v) is 8.92. The van der Waals surface area contributed by atoms with E-state index in [0.29, 0.717) is 14.9 Å². The topological polar surface area (TPSA) is 57.6 Å². The fourth-order valence-corrected chi connectivity index (χ4v) is 3.74. The molecule has 0 bridgehead atoms. The van der Waals surface area contributed by atoms with Crippen LogP contribution in [-0.4, -0.2) is 21.3 Å². The van der Waals surface area contributed by atoms with Gasteiger partial charge in [-0.25, -0.2) is 4.79 Å². The van der Waals surface area contributed by atoms with Crippen molar-refractivity contribution in [2.75, 3.05) is 4.90 Å². The highest BCUT2D eigenvalue weighted by atomic mass is 32.2. The molecule has 0 spiro atoms. The van der Waals surface area contributed by atoms with Crippen molar-refractivity contribution in [3.8, 4) is 0 Å². The van der Waals surface area contributed by atoms with Crippen LogP contribution in [0.4, 0.5) is 5.69 Å². The van der Waals surface area contributed by atoms with Crippen LogP contribution in [0.1, 0.15) is 28.4 Å². The molecule has 1 fully saturated rings. The van der Waals surface area contributed by atoms with Gasteiger partial charge in [-0.3, -0.25) is 9.69 Å². The average molecular weight is 369 g/mol. The summed E-state index contributed by atoms with van der Waals surface area (Å²) in [5.74, 6) is -1.20. The molecule has 25 heavy (non-hydrogen) atoms. The Labute approximate surface area is 155 Å². The molecule has 1 saturated heterocycles. The second-order valence-electron chi connectivity index (χ2n) is 5.46. The van der Waals surface area contributed by atoms with E-state index in [1.165, 1.54) is 34.4 Å². The quantitative estimate of drug-likeness (QED) is 0.641. The minimum absolute atomic E-state index is 0.167. The van der Waals surface area contributed by atoms with E-state index in [0.717, 1.165) is 12.0 Å². The zero-order valence-electron chi connectivity index (χ0n) is 13.4. The highest BCUT2D eigenvalue weighted by Gasteiger charge is 2.33. The maximum absolute atomic E-state index is 12.7. The Hall–Kier alpha value is -2.44. The number of nitrogens with zero attached hydrogens (tertiary/aromatic N) is 1. The highest BCUT2D eigenvalue weighted by molar-refractivity contribution is 8.27. The number of thioether (sulfide) groups is 1. The minimum Gasteiger partial charge on any atom is -0.478 e. The summed E-state index contributed by atoms with van der Waals surface area (Å²) in [7, 11) is 0. The normalized spacial score (nSPS) is 15.9. The third-order valence-corrected chi connectivity index (χ3v) is 5.15. The number of carbonyl (C=O) groups excluding carboxylic acids is 1. The number of aromatic carboxylic acids is 1. The molecule has 0 unspecified atom stereocenters. The Morgan fingerprint density at radius 1 is 1.16 bits per heavy atom. The van der Waals surface area contributed by atoms with Crippen molar-refractivity contribution in [2.45, 2.75) is 13.3 Å². The fourth-order valence-electron chi connectivity index (χ4n) is 2.44. The highest BCUT2D eigenvalue weighted by Crippen LogP contribution is 2.36. The lowest BCUT2D eigenvalue weighted by molar-refractivity contribution is -0.113. The molecule has 2 aromatic carbocycles. The molecule has 1 N–H and O–H groups in total. The van der Waals surface area contributed by atoms with Crippen molar-refractivity contribution in [1.29, 1.82) is 0 Å². The summed E-state index contributed by atoms with van der Waals surface area (Å²) in [4.78, 5) is 25.6. The molecule has 1 aliphatic heterocycles. The van der Waals surface area contributed by atoms with Gasteiger partial charge in [0.05, 0.1) is 16.2 Å². The van der Waals surface area contributed by atoms with Crippen LogP contribution in [0.15, 0.2) is 53.4 Å². The van der Waals surface area contributed by atoms with E-state index < -0.39 is 5.97 Å². The van der Waals surface area contributed by atoms with Gasteiger partial charge in [0.25, 0.3) is 5.91 Å². The molecule has 0 aliphatic carbocycles. The van der Waals surface area contributed by atoms with Gasteiger partial charge in [0.2, 0.25) is 0 Å². The molecular formula is C19H15NO3S2. The van der Waals surface area contributed by atoms with E-state index in [1.54, 1.807) is 12.1 Å². The van der Waals surface area contributed by atoms with Crippen LogP contribution in [-0.2, 0) is 11.2 Å². The number of rotatable bonds is 4. The van der Waals surface area contributed by atoms with Crippen molar-refractivity contribution in [2.24, 2.45) is 0 Å². The van der Waals surface area contributed by atoms with Gasteiger partial charge in [-0.15, -0.1) is 0 Å². The molecule has 0 radical (unpaired) electrons. The van der Waals surface area contributed by atoms with Gasteiger partial charge in [-0.2, -0.15) is 0 Å². The molecule has 0 aromatic heterocycles. The lowest BCUT2D eigenvalue weighted by Crippen LogP contribution is -2.27. The zero-order valence-corrected chi connectivity index (χ0v) is 15.1. The summed E-state index contributed by atoms with van der Waals surface area (Å²) in [6.07, 6.45) is 2.79. The predicted molar refractivity (Wildman–Crippen MR) is 105 cm³/mol. The van der Waals surface area contributed by atoms with Crippen LogP contribution in [0.2, 0.25) is 0 Å². The van der Waals surface area contributed by atoms with Crippen molar-refractivity contribution in [3.05, 3.63) is 70.1 Å². The number of anilines is 1. The van der Waals surface area contributed by atoms with E-state index in [1.807, 2.05) is 30.3 Å². The Morgan fingerprint density at radius 2 is 1.80 bits per heavy atom. The van der Waals surface area contributed by atoms with Crippen molar-refractivity contribution >= 4 is 51.9 Å². The molecular weight excluding hydrogens is 354 g/mol. The molecule has 1 amide bonds. The zero-order chi connectivity index (χ0) is 18.0. The largest absolute Gasteiger partial charge is 0.478 e. The number of thiocarbonyl (C=S) groups is 1. The lowest BCUT2D eigenvalue weighted by Gasteiger charge is -2.14. The van der Waals surface area contributed by atoms with Gasteiger partial charge in [0.15, 0.2) is 4.32 Å². The number of amides is 1. The van der Waals surface area contributed by atoms with Gasteiger partial charge >= 0.3 is 5.97 Å². The smallest absolute Gasteiger partial charge is 0.335 e. The van der Waals surface area contributed by atoms with Crippen LogP contribution in [0, 0.1) is 0 Å². The summed E-state index contributed by atoms with van der Waals surface area (Å²) in [5, 5.41) is 8.97. The average Bonchev–Trinajstić information content (AvgIpc) is 2.89. The van der Waals surface area contributed by atoms with E-state index in [2.05, 4.69) is 6.92 Å². The molecule has 0 atom stereocenters. The Kier molecular flexibility index (Phi) is 5.01. The standard InChI is InChI=1S/C19H15NO3S2/c1-2-12-3-5-13(6-4-12)11-16-17(21)20(19(24)25-16)15-9-7-14(8-10-15)18(22)23/h3-11H,2H2,1H3,(H,22,23)/b16-11-. The molecule has 126 valence electrons. The van der Waals surface area contributed by atoms with Gasteiger partial charge in [-0.05, 0) is 47.9 Å². The van der Waals surface area contributed by atoms with Crippen LogP contribution >= 0.6 is 24.0 Å². The lowest BCUT2D eigenvalue weighted by atomic mass is 10.1. The Bertz CT molecular complexity index is 871. The number of carbonyl (C=O) groups is 2. The fraction of sp³-hybridized carbons (Fsp3) is 0.105. The van der Waals surface area contributed by atoms with Crippen LogP contribution in [0.3, 0.4) is 0 Å². The molecule has 1 heterocycles. The van der Waals surface area contributed by atoms with Gasteiger partial charge in [-0.1, -0.05) is 55.2 Å². The SMILES string of the molecule is CCc1ccc(/C=C2\SC(=S)N(c3ccc(C(=O)O)cc3)C2=O)cc1. The first kappa shape index (κ1) is 17.4. The van der Waals surface area contributed by atoms with E-state index in [-0.39, 0.29) is 11.5 Å². The second kappa shape index (κ2) is 7.21. The number of hydrogen-bond acceptors (Lipinski definition) is 4. The van der Waals surface area contributed by atoms with E-state index in [4.69, 9.17) is 17.3 Å². The Morgan fingerprint density at radius 3 is 2.36 bits per heavy atom. The number of benzene rings is 2. The summed E-state index contributed by atoms with van der Waals surface area (Å²) >= 11 is 6.57. The first-order valence-electron chi connectivity index (χ1n) is 7.70. The summed E-state index contributed by atoms with van der Waals surface area (Å²) < 4.78 is 0.435. The third kappa shape index (κ3) is 3.65. The molecule has 0 saturated carbocycles. The molecule has 1 aliphatic rings. The van der Waals surface area contributed by atoms with Gasteiger partial charge < -0.3 is 5.11 Å². The summed E-state index contributed by atoms with van der Waals surface area (Å²) in [5.41, 5.74) is 2.92. The molecule has 3 rings (SSSR count). The van der Waals surface area contributed by atoms with Crippen molar-refractivity contribution < 1.29 is 14.7 Å².